The average Bonchev–Trinajstić information content (AvgIpc) is 3.30. The Bertz CT molecular complexity index is 1070. The van der Waals surface area contributed by atoms with E-state index in [0.29, 0.717) is 37.2 Å². The minimum Gasteiger partial charge on any atom is -0.378 e. The Morgan fingerprint density at radius 1 is 1.19 bits per heavy atom. The van der Waals surface area contributed by atoms with Gasteiger partial charge in [-0.15, -0.1) is 5.10 Å². The van der Waals surface area contributed by atoms with Crippen molar-refractivity contribution in [3.63, 3.8) is 0 Å². The molecule has 5 rings (SSSR count). The number of hydrogen-bond acceptors (Lipinski definition) is 7. The zero-order chi connectivity index (χ0) is 18.2. The number of imidazole rings is 2. The van der Waals surface area contributed by atoms with Crippen LogP contribution in [0, 0.1) is 0 Å². The number of nitrogens with one attached hydrogen (secondary N) is 2. The Morgan fingerprint density at radius 3 is 2.89 bits per heavy atom. The van der Waals surface area contributed by atoms with Crippen LogP contribution in [-0.2, 0) is 11.3 Å². The zero-order valence-corrected chi connectivity index (χ0v) is 16.0. The first-order valence-electron chi connectivity index (χ1n) is 8.69. The van der Waals surface area contributed by atoms with Crippen LogP contribution in [0.1, 0.15) is 5.82 Å². The van der Waals surface area contributed by atoms with Crippen molar-refractivity contribution in [2.75, 3.05) is 36.5 Å². The summed E-state index contributed by atoms with van der Waals surface area (Å²) < 4.78 is 7.96. The molecule has 1 aliphatic rings. The molecule has 0 bridgehead atoms. The molecule has 138 valence electrons. The van der Waals surface area contributed by atoms with Gasteiger partial charge in [0.1, 0.15) is 10.4 Å². The number of nitrogens with zero attached hydrogens (tertiary/aromatic N) is 6. The number of morpholine rings is 1. The van der Waals surface area contributed by atoms with Crippen LogP contribution < -0.4 is 10.2 Å². The summed E-state index contributed by atoms with van der Waals surface area (Å²) in [5.74, 6) is 2.15. The van der Waals surface area contributed by atoms with Crippen molar-refractivity contribution in [3.05, 3.63) is 40.9 Å². The van der Waals surface area contributed by atoms with Gasteiger partial charge in [-0.25, -0.2) is 9.97 Å². The van der Waals surface area contributed by atoms with Crippen LogP contribution in [-0.4, -0.2) is 55.9 Å². The van der Waals surface area contributed by atoms with E-state index in [2.05, 4.69) is 46.2 Å². The van der Waals surface area contributed by atoms with Crippen LogP contribution in [0.25, 0.3) is 16.7 Å². The monoisotopic (exact) mass is 428 g/mol. The van der Waals surface area contributed by atoms with Gasteiger partial charge in [-0.05, 0) is 28.1 Å². The molecule has 0 atom stereocenters. The number of aromatic nitrogens is 6. The first-order chi connectivity index (χ1) is 13.3. The highest BCUT2D eigenvalue weighted by Crippen LogP contribution is 2.22. The van der Waals surface area contributed by atoms with Gasteiger partial charge in [-0.2, -0.15) is 9.50 Å². The second-order valence-electron chi connectivity index (χ2n) is 6.23. The molecule has 0 spiro atoms. The molecule has 0 amide bonds. The number of anilines is 2. The van der Waals surface area contributed by atoms with E-state index < -0.39 is 0 Å². The second-order valence-corrected chi connectivity index (χ2v) is 7.04. The van der Waals surface area contributed by atoms with E-state index in [4.69, 9.17) is 9.72 Å². The van der Waals surface area contributed by atoms with Gasteiger partial charge in [-0.1, -0.05) is 12.1 Å². The highest BCUT2D eigenvalue weighted by atomic mass is 79.9. The predicted octanol–water partition coefficient (Wildman–Crippen LogP) is 2.21. The third kappa shape index (κ3) is 3.10. The SMILES string of the molecule is Brc1cnc2c(NCc3nc4ccccc4[nH]3)nc(N3CCOCC3)nn12. The van der Waals surface area contributed by atoms with E-state index in [1.54, 1.807) is 10.7 Å². The molecule has 1 aromatic carbocycles. The third-order valence-corrected chi connectivity index (χ3v) is 5.01. The van der Waals surface area contributed by atoms with Crippen LogP contribution >= 0.6 is 15.9 Å². The lowest BCUT2D eigenvalue weighted by atomic mass is 10.3. The van der Waals surface area contributed by atoms with E-state index in [9.17, 15) is 0 Å². The number of ether oxygens (including phenoxy) is 1. The van der Waals surface area contributed by atoms with Crippen LogP contribution in [0.15, 0.2) is 35.1 Å². The lowest BCUT2D eigenvalue weighted by Gasteiger charge is -2.26. The van der Waals surface area contributed by atoms with E-state index in [1.165, 1.54) is 0 Å². The molecule has 0 unspecified atom stereocenters. The molecule has 1 saturated heterocycles. The Morgan fingerprint density at radius 2 is 2.04 bits per heavy atom. The minimum absolute atomic E-state index is 0.508. The van der Waals surface area contributed by atoms with E-state index >= 15 is 0 Å². The fourth-order valence-electron chi connectivity index (χ4n) is 3.12. The topological polar surface area (TPSA) is 96.3 Å². The zero-order valence-electron chi connectivity index (χ0n) is 14.4. The molecule has 0 aliphatic carbocycles. The Balaban J connectivity index is 1.47. The molecule has 3 aromatic heterocycles. The maximum Gasteiger partial charge on any atom is 0.245 e. The van der Waals surface area contributed by atoms with Crippen LogP contribution in [0.3, 0.4) is 0 Å². The van der Waals surface area contributed by atoms with E-state index in [0.717, 1.165) is 34.6 Å². The van der Waals surface area contributed by atoms with E-state index in [1.807, 2.05) is 24.3 Å². The predicted molar refractivity (Wildman–Crippen MR) is 105 cm³/mol. The fourth-order valence-corrected chi connectivity index (χ4v) is 3.47. The maximum absolute atomic E-state index is 5.43. The van der Waals surface area contributed by atoms with Gasteiger partial charge in [0.15, 0.2) is 11.5 Å². The van der Waals surface area contributed by atoms with Crippen molar-refractivity contribution < 1.29 is 4.74 Å². The highest BCUT2D eigenvalue weighted by molar-refractivity contribution is 9.10. The number of halogens is 1. The summed E-state index contributed by atoms with van der Waals surface area (Å²) in [6, 6.07) is 7.96. The average molecular weight is 429 g/mol. The standard InChI is InChI=1S/C17H17BrN8O/c18-13-9-20-16-15(19-10-14-21-11-3-1-2-4-12(11)22-14)23-17(24-26(13)16)25-5-7-27-8-6-25/h1-4,9H,5-8,10H2,(H,21,22)(H,19,23,24). The molecule has 2 N–H and O–H groups in total. The molecular formula is C17H17BrN8O. The van der Waals surface area contributed by atoms with Gasteiger partial charge >= 0.3 is 0 Å². The van der Waals surface area contributed by atoms with Gasteiger partial charge in [0.2, 0.25) is 5.95 Å². The second kappa shape index (κ2) is 6.78. The summed E-state index contributed by atoms with van der Waals surface area (Å²) in [4.78, 5) is 19.2. The molecule has 0 saturated carbocycles. The minimum atomic E-state index is 0.508. The third-order valence-electron chi connectivity index (χ3n) is 4.47. The Kier molecular flexibility index (Phi) is 4.13. The Hall–Kier alpha value is -2.72. The summed E-state index contributed by atoms with van der Waals surface area (Å²) in [5.41, 5.74) is 2.62. The van der Waals surface area contributed by atoms with Crippen molar-refractivity contribution in [1.29, 1.82) is 0 Å². The normalized spacial score (nSPS) is 14.9. The first kappa shape index (κ1) is 16.5. The van der Waals surface area contributed by atoms with Crippen LogP contribution in [0.4, 0.5) is 11.8 Å². The lowest BCUT2D eigenvalue weighted by Crippen LogP contribution is -2.37. The molecule has 27 heavy (non-hydrogen) atoms. The summed E-state index contributed by atoms with van der Waals surface area (Å²) in [5, 5.41) is 7.96. The fraction of sp³-hybridized carbons (Fsp3) is 0.294. The number of fused-ring (bicyclic) bond motifs is 2. The molecule has 4 heterocycles. The molecule has 1 fully saturated rings. The summed E-state index contributed by atoms with van der Waals surface area (Å²) in [6.45, 7) is 3.39. The molecule has 9 nitrogen and oxygen atoms in total. The number of H-pyrrole nitrogens is 1. The van der Waals surface area contributed by atoms with Crippen LogP contribution in [0.2, 0.25) is 0 Å². The number of hydrogen-bond donors (Lipinski definition) is 2. The quantitative estimate of drug-likeness (QED) is 0.514. The van der Waals surface area contributed by atoms with Gasteiger partial charge in [0.25, 0.3) is 0 Å². The molecular weight excluding hydrogens is 412 g/mol. The Labute approximate surface area is 162 Å². The largest absolute Gasteiger partial charge is 0.378 e. The number of aromatic amines is 1. The maximum atomic E-state index is 5.43. The van der Waals surface area contributed by atoms with Gasteiger partial charge in [0, 0.05) is 13.1 Å². The van der Waals surface area contributed by atoms with Crippen LogP contribution in [0.5, 0.6) is 0 Å². The van der Waals surface area contributed by atoms with Gasteiger partial charge in [-0.3, -0.25) is 0 Å². The van der Waals surface area contributed by atoms with Gasteiger partial charge in [0.05, 0.1) is 37.0 Å². The molecule has 1 aliphatic heterocycles. The van der Waals surface area contributed by atoms with Crippen molar-refractivity contribution >= 4 is 44.4 Å². The number of benzene rings is 1. The summed E-state index contributed by atoms with van der Waals surface area (Å²) in [7, 11) is 0. The molecule has 0 radical (unpaired) electrons. The number of rotatable bonds is 4. The summed E-state index contributed by atoms with van der Waals surface area (Å²) in [6.07, 6.45) is 1.72. The van der Waals surface area contributed by atoms with Crippen molar-refractivity contribution in [1.82, 2.24) is 29.5 Å². The van der Waals surface area contributed by atoms with Gasteiger partial charge < -0.3 is 19.9 Å². The smallest absolute Gasteiger partial charge is 0.245 e. The summed E-state index contributed by atoms with van der Waals surface area (Å²) >= 11 is 3.50. The van der Waals surface area contributed by atoms with Crippen molar-refractivity contribution in [3.8, 4) is 0 Å². The first-order valence-corrected chi connectivity index (χ1v) is 9.49. The lowest BCUT2D eigenvalue weighted by molar-refractivity contribution is 0.122. The van der Waals surface area contributed by atoms with E-state index in [-0.39, 0.29) is 0 Å². The number of para-hydroxylation sites is 2. The van der Waals surface area contributed by atoms with Crippen molar-refractivity contribution in [2.24, 2.45) is 0 Å². The highest BCUT2D eigenvalue weighted by Gasteiger charge is 2.18. The molecule has 10 heteroatoms. The van der Waals surface area contributed by atoms with Crippen molar-refractivity contribution in [2.45, 2.75) is 6.54 Å². The molecule has 4 aromatic rings.